The number of nitrogens with one attached hydrogen (secondary N) is 2. The first kappa shape index (κ1) is 16.4. The molecule has 0 amide bonds. The molecule has 1 aromatic carbocycles. The van der Waals surface area contributed by atoms with Gasteiger partial charge in [-0.3, -0.25) is 5.10 Å². The maximum absolute atomic E-state index is 5.24. The van der Waals surface area contributed by atoms with Crippen LogP contribution in [0.4, 0.5) is 0 Å². The maximum Gasteiger partial charge on any atom is 0.194 e. The van der Waals surface area contributed by atoms with Crippen LogP contribution in [0.3, 0.4) is 0 Å². The SMILES string of the molecule is CCNC(=NCc1ccn[nH]1)N1CCC(c2ccc(OC)cc2)C1. The summed E-state index contributed by atoms with van der Waals surface area (Å²) < 4.78 is 5.24. The number of hydrogen-bond acceptors (Lipinski definition) is 3. The van der Waals surface area contributed by atoms with Crippen molar-refractivity contribution >= 4 is 5.96 Å². The molecule has 0 spiro atoms. The highest BCUT2D eigenvalue weighted by molar-refractivity contribution is 5.80. The van der Waals surface area contributed by atoms with Crippen molar-refractivity contribution in [2.75, 3.05) is 26.7 Å². The van der Waals surface area contributed by atoms with Crippen LogP contribution in [0.5, 0.6) is 5.75 Å². The molecule has 0 aliphatic carbocycles. The molecule has 1 aromatic heterocycles. The zero-order valence-corrected chi connectivity index (χ0v) is 14.3. The molecule has 6 heteroatoms. The summed E-state index contributed by atoms with van der Waals surface area (Å²) in [4.78, 5) is 7.08. The van der Waals surface area contributed by atoms with Crippen molar-refractivity contribution < 1.29 is 4.74 Å². The first-order chi connectivity index (χ1) is 11.8. The van der Waals surface area contributed by atoms with Crippen LogP contribution in [0.15, 0.2) is 41.5 Å². The second kappa shape index (κ2) is 7.86. The van der Waals surface area contributed by atoms with Gasteiger partial charge in [0.25, 0.3) is 0 Å². The number of benzene rings is 1. The van der Waals surface area contributed by atoms with Crippen LogP contribution in [0.25, 0.3) is 0 Å². The number of aromatic amines is 1. The molecule has 1 aliphatic heterocycles. The summed E-state index contributed by atoms with van der Waals surface area (Å²) in [6.07, 6.45) is 2.90. The fraction of sp³-hybridized carbons (Fsp3) is 0.444. The van der Waals surface area contributed by atoms with Gasteiger partial charge in [-0.1, -0.05) is 12.1 Å². The Morgan fingerprint density at radius 2 is 2.21 bits per heavy atom. The highest BCUT2D eigenvalue weighted by Crippen LogP contribution is 2.28. The van der Waals surface area contributed by atoms with Gasteiger partial charge in [0, 0.05) is 31.7 Å². The molecule has 1 fully saturated rings. The van der Waals surface area contributed by atoms with E-state index in [0.29, 0.717) is 12.5 Å². The second-order valence-corrected chi connectivity index (χ2v) is 5.96. The summed E-state index contributed by atoms with van der Waals surface area (Å²) in [6, 6.07) is 10.4. The number of hydrogen-bond donors (Lipinski definition) is 2. The molecule has 2 N–H and O–H groups in total. The molecule has 0 bridgehead atoms. The van der Waals surface area contributed by atoms with Gasteiger partial charge in [0.2, 0.25) is 0 Å². The summed E-state index contributed by atoms with van der Waals surface area (Å²) >= 11 is 0. The molecule has 1 aliphatic rings. The summed E-state index contributed by atoms with van der Waals surface area (Å²) in [5.74, 6) is 2.41. The van der Waals surface area contributed by atoms with Crippen LogP contribution >= 0.6 is 0 Å². The van der Waals surface area contributed by atoms with Gasteiger partial charge in [-0.05, 0) is 37.1 Å². The third kappa shape index (κ3) is 3.88. The monoisotopic (exact) mass is 327 g/mol. The molecule has 24 heavy (non-hydrogen) atoms. The molecule has 1 atom stereocenters. The van der Waals surface area contributed by atoms with Crippen molar-refractivity contribution in [3.05, 3.63) is 47.8 Å². The molecular weight excluding hydrogens is 302 g/mol. The second-order valence-electron chi connectivity index (χ2n) is 5.96. The van der Waals surface area contributed by atoms with E-state index in [-0.39, 0.29) is 0 Å². The maximum atomic E-state index is 5.24. The van der Waals surface area contributed by atoms with E-state index in [0.717, 1.165) is 43.5 Å². The standard InChI is InChI=1S/C18H25N5O/c1-3-19-18(20-12-16-8-10-21-22-16)23-11-9-15(13-23)14-4-6-17(24-2)7-5-14/h4-8,10,15H,3,9,11-13H2,1-2H3,(H,19,20)(H,21,22). The fourth-order valence-electron chi connectivity index (χ4n) is 3.06. The van der Waals surface area contributed by atoms with Crippen LogP contribution in [0, 0.1) is 0 Å². The van der Waals surface area contributed by atoms with Crippen LogP contribution in [-0.4, -0.2) is 47.8 Å². The van der Waals surface area contributed by atoms with E-state index in [1.54, 1.807) is 13.3 Å². The lowest BCUT2D eigenvalue weighted by atomic mass is 9.98. The topological polar surface area (TPSA) is 65.5 Å². The smallest absolute Gasteiger partial charge is 0.194 e. The Kier molecular flexibility index (Phi) is 5.36. The zero-order chi connectivity index (χ0) is 16.8. The first-order valence-electron chi connectivity index (χ1n) is 8.45. The van der Waals surface area contributed by atoms with E-state index in [1.807, 2.05) is 18.2 Å². The molecular formula is C18H25N5O. The minimum absolute atomic E-state index is 0.534. The summed E-state index contributed by atoms with van der Waals surface area (Å²) in [5.41, 5.74) is 2.39. The Morgan fingerprint density at radius 3 is 2.88 bits per heavy atom. The average Bonchev–Trinajstić information content (AvgIpc) is 3.30. The van der Waals surface area contributed by atoms with Gasteiger partial charge in [0.1, 0.15) is 5.75 Å². The molecule has 0 radical (unpaired) electrons. The number of ether oxygens (including phenoxy) is 1. The Hall–Kier alpha value is -2.50. The third-order valence-corrected chi connectivity index (χ3v) is 4.37. The summed E-state index contributed by atoms with van der Waals surface area (Å²) in [5, 5.41) is 10.3. The number of aliphatic imine (C=N–C) groups is 1. The van der Waals surface area contributed by atoms with Crippen molar-refractivity contribution in [2.24, 2.45) is 4.99 Å². The number of H-pyrrole nitrogens is 1. The van der Waals surface area contributed by atoms with Gasteiger partial charge < -0.3 is 15.0 Å². The lowest BCUT2D eigenvalue weighted by Crippen LogP contribution is -2.40. The third-order valence-electron chi connectivity index (χ3n) is 4.37. The molecule has 2 aromatic rings. The summed E-state index contributed by atoms with van der Waals surface area (Å²) in [7, 11) is 1.70. The Morgan fingerprint density at radius 1 is 1.38 bits per heavy atom. The van der Waals surface area contributed by atoms with Gasteiger partial charge in [-0.2, -0.15) is 5.10 Å². The molecule has 3 rings (SSSR count). The van der Waals surface area contributed by atoms with Crippen LogP contribution < -0.4 is 10.1 Å². The van der Waals surface area contributed by atoms with Crippen LogP contribution in [0.2, 0.25) is 0 Å². The van der Waals surface area contributed by atoms with Crippen molar-refractivity contribution in [3.8, 4) is 5.75 Å². The van der Waals surface area contributed by atoms with Crippen molar-refractivity contribution in [1.29, 1.82) is 0 Å². The van der Waals surface area contributed by atoms with E-state index in [1.165, 1.54) is 5.56 Å². The molecule has 6 nitrogen and oxygen atoms in total. The summed E-state index contributed by atoms with van der Waals surface area (Å²) in [6.45, 7) is 5.59. The van der Waals surface area contributed by atoms with E-state index in [9.17, 15) is 0 Å². The minimum atomic E-state index is 0.534. The molecule has 1 saturated heterocycles. The number of aromatic nitrogens is 2. The Bertz CT molecular complexity index is 651. The number of rotatable bonds is 5. The average molecular weight is 327 g/mol. The van der Waals surface area contributed by atoms with Crippen molar-refractivity contribution in [2.45, 2.75) is 25.8 Å². The number of methoxy groups -OCH3 is 1. The van der Waals surface area contributed by atoms with Gasteiger partial charge in [-0.25, -0.2) is 4.99 Å². The van der Waals surface area contributed by atoms with Gasteiger partial charge in [-0.15, -0.1) is 0 Å². The number of guanidine groups is 1. The Labute approximate surface area is 142 Å². The van der Waals surface area contributed by atoms with Crippen molar-refractivity contribution in [3.63, 3.8) is 0 Å². The van der Waals surface area contributed by atoms with Crippen LogP contribution in [0.1, 0.15) is 30.5 Å². The molecule has 0 saturated carbocycles. The predicted molar refractivity (Wildman–Crippen MR) is 95.3 cm³/mol. The van der Waals surface area contributed by atoms with Gasteiger partial charge in [0.05, 0.1) is 19.3 Å². The largest absolute Gasteiger partial charge is 0.497 e. The highest BCUT2D eigenvalue weighted by Gasteiger charge is 2.26. The number of nitrogens with zero attached hydrogens (tertiary/aromatic N) is 3. The van der Waals surface area contributed by atoms with Crippen LogP contribution in [-0.2, 0) is 6.54 Å². The minimum Gasteiger partial charge on any atom is -0.497 e. The fourth-order valence-corrected chi connectivity index (χ4v) is 3.06. The Balaban J connectivity index is 1.65. The molecule has 1 unspecified atom stereocenters. The molecule has 128 valence electrons. The van der Waals surface area contributed by atoms with Crippen molar-refractivity contribution in [1.82, 2.24) is 20.4 Å². The molecule has 2 heterocycles. The van der Waals surface area contributed by atoms with E-state index in [4.69, 9.17) is 9.73 Å². The predicted octanol–water partition coefficient (Wildman–Crippen LogP) is 2.37. The lowest BCUT2D eigenvalue weighted by molar-refractivity contribution is 0.414. The van der Waals surface area contributed by atoms with E-state index < -0.39 is 0 Å². The lowest BCUT2D eigenvalue weighted by Gasteiger charge is -2.21. The van der Waals surface area contributed by atoms with E-state index in [2.05, 4.69) is 39.5 Å². The van der Waals surface area contributed by atoms with Gasteiger partial charge in [0.15, 0.2) is 5.96 Å². The highest BCUT2D eigenvalue weighted by atomic mass is 16.5. The number of likely N-dealkylation sites (tertiary alicyclic amines) is 1. The van der Waals surface area contributed by atoms with E-state index >= 15 is 0 Å². The quantitative estimate of drug-likeness (QED) is 0.654. The zero-order valence-electron chi connectivity index (χ0n) is 14.3. The van der Waals surface area contributed by atoms with Gasteiger partial charge >= 0.3 is 0 Å². The first-order valence-corrected chi connectivity index (χ1v) is 8.45. The normalized spacial score (nSPS) is 18.0.